The molecule has 0 aliphatic carbocycles. The molecule has 178 valence electrons. The van der Waals surface area contributed by atoms with Crippen LogP contribution in [0.1, 0.15) is 35.2 Å². The van der Waals surface area contributed by atoms with Gasteiger partial charge < -0.3 is 4.90 Å². The first-order chi connectivity index (χ1) is 17.0. The predicted molar refractivity (Wildman–Crippen MR) is 139 cm³/mol. The number of hydrogen-bond donors (Lipinski definition) is 0. The fourth-order valence-corrected chi connectivity index (χ4v) is 5.54. The Morgan fingerprint density at radius 1 is 1.14 bits per heavy atom. The van der Waals surface area contributed by atoms with Gasteiger partial charge in [0.15, 0.2) is 5.13 Å². The van der Waals surface area contributed by atoms with Crippen molar-refractivity contribution in [3.63, 3.8) is 0 Å². The van der Waals surface area contributed by atoms with Gasteiger partial charge in [0.1, 0.15) is 11.2 Å². The average Bonchev–Trinajstić information content (AvgIpc) is 3.33. The van der Waals surface area contributed by atoms with Crippen LogP contribution < -0.4 is 9.80 Å². The fourth-order valence-electron chi connectivity index (χ4n) is 4.28. The summed E-state index contributed by atoms with van der Waals surface area (Å²) in [6.45, 7) is 1.76. The van der Waals surface area contributed by atoms with Crippen LogP contribution in [0, 0.1) is 10.1 Å². The van der Waals surface area contributed by atoms with Crippen LogP contribution in [0.3, 0.4) is 0 Å². The molecule has 1 aliphatic rings. The lowest BCUT2D eigenvalue weighted by Gasteiger charge is -2.28. The largest absolute Gasteiger partial charge is 0.366 e. The van der Waals surface area contributed by atoms with E-state index < -0.39 is 4.92 Å². The molecule has 0 bridgehead atoms. The first-order valence-electron chi connectivity index (χ1n) is 11.3. The van der Waals surface area contributed by atoms with Gasteiger partial charge in [0.05, 0.1) is 21.2 Å². The molecular formula is C25H22ClN5O3S. The van der Waals surface area contributed by atoms with Crippen LogP contribution in [0.25, 0.3) is 10.2 Å². The van der Waals surface area contributed by atoms with Gasteiger partial charge in [-0.2, -0.15) is 0 Å². The quantitative estimate of drug-likeness (QED) is 0.231. The van der Waals surface area contributed by atoms with Crippen molar-refractivity contribution in [3.8, 4) is 0 Å². The van der Waals surface area contributed by atoms with Crippen molar-refractivity contribution in [1.82, 2.24) is 9.97 Å². The summed E-state index contributed by atoms with van der Waals surface area (Å²) in [5.41, 5.74) is 2.14. The summed E-state index contributed by atoms with van der Waals surface area (Å²) in [7, 11) is 0. The van der Waals surface area contributed by atoms with Crippen LogP contribution in [0.5, 0.6) is 0 Å². The van der Waals surface area contributed by atoms with E-state index in [0.29, 0.717) is 21.4 Å². The normalized spacial score (nSPS) is 13.7. The molecule has 0 saturated carbocycles. The van der Waals surface area contributed by atoms with E-state index in [4.69, 9.17) is 11.6 Å². The zero-order valence-corrected chi connectivity index (χ0v) is 20.3. The average molecular weight is 508 g/mol. The predicted octanol–water partition coefficient (Wildman–Crippen LogP) is 6.09. The summed E-state index contributed by atoms with van der Waals surface area (Å²) in [5, 5.41) is 12.9. The molecule has 1 fully saturated rings. The van der Waals surface area contributed by atoms with Crippen molar-refractivity contribution in [2.75, 3.05) is 22.9 Å². The van der Waals surface area contributed by atoms with E-state index in [-0.39, 0.29) is 23.7 Å². The molecule has 4 aromatic rings. The van der Waals surface area contributed by atoms with E-state index in [1.807, 2.05) is 23.1 Å². The van der Waals surface area contributed by atoms with Crippen molar-refractivity contribution in [2.45, 2.75) is 25.8 Å². The molecule has 2 aromatic heterocycles. The topological polar surface area (TPSA) is 92.5 Å². The molecule has 3 heterocycles. The smallest absolute Gasteiger partial charge is 0.293 e. The maximum Gasteiger partial charge on any atom is 0.293 e. The van der Waals surface area contributed by atoms with E-state index in [2.05, 4.69) is 9.97 Å². The van der Waals surface area contributed by atoms with E-state index in [1.165, 1.54) is 22.3 Å². The number of amides is 1. The summed E-state index contributed by atoms with van der Waals surface area (Å²) in [6.07, 6.45) is 6.46. The zero-order valence-electron chi connectivity index (χ0n) is 18.8. The van der Waals surface area contributed by atoms with E-state index in [1.54, 1.807) is 36.7 Å². The summed E-state index contributed by atoms with van der Waals surface area (Å²) in [4.78, 5) is 37.6. The molecular weight excluding hydrogens is 486 g/mol. The van der Waals surface area contributed by atoms with Crippen LogP contribution in [-0.4, -0.2) is 33.9 Å². The minimum atomic E-state index is -0.413. The lowest BCUT2D eigenvalue weighted by molar-refractivity contribution is -0.384. The standard InChI is InChI=1S/C25H22ClN5O3S/c26-19-7-4-8-22-23(19)28-25(35-22)30(16-17-6-5-11-27-15-17)24(32)18-9-10-20(21(14-18)31(33)34)29-12-2-1-3-13-29/h4-11,14-15H,1-3,12-13,16H2. The van der Waals surface area contributed by atoms with Crippen molar-refractivity contribution >= 4 is 55.6 Å². The number of halogens is 1. The molecule has 1 saturated heterocycles. The Balaban J connectivity index is 1.55. The number of rotatable bonds is 6. The first-order valence-corrected chi connectivity index (χ1v) is 12.5. The molecule has 0 atom stereocenters. The van der Waals surface area contributed by atoms with Gasteiger partial charge in [0, 0.05) is 37.1 Å². The number of fused-ring (bicyclic) bond motifs is 1. The second-order valence-electron chi connectivity index (χ2n) is 8.34. The molecule has 0 unspecified atom stereocenters. The number of piperidine rings is 1. The highest BCUT2D eigenvalue weighted by Crippen LogP contribution is 2.36. The number of nitro groups is 1. The maximum atomic E-state index is 13.8. The Bertz CT molecular complexity index is 1390. The van der Waals surface area contributed by atoms with E-state index in [0.717, 1.165) is 42.6 Å². The minimum Gasteiger partial charge on any atom is -0.366 e. The minimum absolute atomic E-state index is 0.0635. The highest BCUT2D eigenvalue weighted by Gasteiger charge is 2.27. The molecule has 0 N–H and O–H groups in total. The number of nitro benzene ring substituents is 1. The SMILES string of the molecule is O=C(c1ccc(N2CCCCC2)c([N+](=O)[O-])c1)N(Cc1cccnc1)c1nc2c(Cl)cccc2s1. The molecule has 1 aliphatic heterocycles. The Kier molecular flexibility index (Phi) is 6.61. The molecule has 5 rings (SSSR count). The van der Waals surface area contributed by atoms with Gasteiger partial charge in [0.2, 0.25) is 0 Å². The lowest BCUT2D eigenvalue weighted by atomic mass is 10.1. The second kappa shape index (κ2) is 9.97. The highest BCUT2D eigenvalue weighted by molar-refractivity contribution is 7.22. The molecule has 1 amide bonds. The van der Waals surface area contributed by atoms with Crippen molar-refractivity contribution in [2.24, 2.45) is 0 Å². The number of anilines is 2. The third-order valence-corrected chi connectivity index (χ3v) is 7.36. The third-order valence-electron chi connectivity index (χ3n) is 6.01. The summed E-state index contributed by atoms with van der Waals surface area (Å²) < 4.78 is 0.850. The third kappa shape index (κ3) is 4.82. The zero-order chi connectivity index (χ0) is 24.4. The molecule has 10 heteroatoms. The Morgan fingerprint density at radius 3 is 2.69 bits per heavy atom. The number of para-hydroxylation sites is 1. The van der Waals surface area contributed by atoms with Crippen LogP contribution in [-0.2, 0) is 6.54 Å². The number of hydrogen-bond acceptors (Lipinski definition) is 7. The number of carbonyl (C=O) groups excluding carboxylic acids is 1. The van der Waals surface area contributed by atoms with Crippen molar-refractivity contribution < 1.29 is 9.72 Å². The van der Waals surface area contributed by atoms with Gasteiger partial charge in [-0.15, -0.1) is 0 Å². The Hall–Kier alpha value is -3.56. The molecule has 0 radical (unpaired) electrons. The maximum absolute atomic E-state index is 13.8. The van der Waals surface area contributed by atoms with Crippen molar-refractivity contribution in [1.29, 1.82) is 0 Å². The fraction of sp³-hybridized carbons (Fsp3) is 0.240. The Morgan fingerprint density at radius 2 is 1.97 bits per heavy atom. The summed E-state index contributed by atoms with van der Waals surface area (Å²) in [5.74, 6) is -0.377. The number of carbonyl (C=O) groups is 1. The van der Waals surface area contributed by atoms with Gasteiger partial charge in [-0.1, -0.05) is 35.1 Å². The van der Waals surface area contributed by atoms with Crippen LogP contribution in [0.4, 0.5) is 16.5 Å². The molecule has 2 aromatic carbocycles. The summed E-state index contributed by atoms with van der Waals surface area (Å²) in [6, 6.07) is 13.9. The molecule has 35 heavy (non-hydrogen) atoms. The summed E-state index contributed by atoms with van der Waals surface area (Å²) >= 11 is 7.67. The number of nitrogens with zero attached hydrogens (tertiary/aromatic N) is 5. The van der Waals surface area contributed by atoms with Crippen LogP contribution >= 0.6 is 22.9 Å². The number of benzene rings is 2. The molecule has 8 nitrogen and oxygen atoms in total. The first kappa shape index (κ1) is 23.2. The second-order valence-corrected chi connectivity index (χ2v) is 9.76. The van der Waals surface area contributed by atoms with Gasteiger partial charge in [-0.05, 0) is 55.2 Å². The van der Waals surface area contributed by atoms with Gasteiger partial charge in [-0.3, -0.25) is 24.8 Å². The number of pyridine rings is 1. The highest BCUT2D eigenvalue weighted by atomic mass is 35.5. The van der Waals surface area contributed by atoms with E-state index >= 15 is 0 Å². The molecule has 0 spiro atoms. The van der Waals surface area contributed by atoms with Gasteiger partial charge in [0.25, 0.3) is 11.6 Å². The monoisotopic (exact) mass is 507 g/mol. The van der Waals surface area contributed by atoms with Crippen LogP contribution in [0.2, 0.25) is 5.02 Å². The van der Waals surface area contributed by atoms with Crippen molar-refractivity contribution in [3.05, 3.63) is 87.2 Å². The number of thiazole rings is 1. The van der Waals surface area contributed by atoms with E-state index in [9.17, 15) is 14.9 Å². The van der Waals surface area contributed by atoms with Gasteiger partial charge in [-0.25, -0.2) is 4.98 Å². The lowest BCUT2D eigenvalue weighted by Crippen LogP contribution is -2.31. The van der Waals surface area contributed by atoms with Crippen LogP contribution in [0.15, 0.2) is 60.9 Å². The number of aromatic nitrogens is 2. The Labute approximate surface area is 210 Å². The van der Waals surface area contributed by atoms with Gasteiger partial charge >= 0.3 is 0 Å².